The van der Waals surface area contributed by atoms with Crippen molar-refractivity contribution in [3.63, 3.8) is 0 Å². The van der Waals surface area contributed by atoms with E-state index in [1.165, 1.54) is 6.92 Å². The maximum atomic E-state index is 9.47. The normalized spacial score (nSPS) is 5.67. The molecule has 32 valence electrons. The van der Waals surface area contributed by atoms with E-state index in [1.54, 1.807) is 0 Å². The third-order valence-electron chi connectivity index (χ3n) is 0.166. The number of nitrogens with two attached hydrogens (primary N) is 1. The molecule has 0 aromatic heterocycles. The molecule has 0 aliphatic rings. The van der Waals surface area contributed by atoms with Crippen LogP contribution in [0.25, 0.3) is 0 Å². The van der Waals surface area contributed by atoms with E-state index in [-0.39, 0.29) is 52.8 Å². The van der Waals surface area contributed by atoms with Crippen LogP contribution in [0.15, 0.2) is 0 Å². The van der Waals surface area contributed by atoms with E-state index in [1.807, 2.05) is 0 Å². The van der Waals surface area contributed by atoms with E-state index in [9.17, 15) is 4.79 Å². The largest absolute Gasteiger partial charge is 1.00 e. The summed E-state index contributed by atoms with van der Waals surface area (Å²) in [6.45, 7) is 1.24. The van der Waals surface area contributed by atoms with Crippen LogP contribution < -0.4 is 57.3 Å². The molecule has 0 radical (unpaired) electrons. The standard InChI is InChI=1S/C2H5NO2.K.H/c1-2(4)5-3;;/h3H2,1H3;;/q;+1;-1. The Kier molecular flexibility index (Phi) is 10.2. The maximum Gasteiger partial charge on any atom is 1.00 e. The molecule has 0 aliphatic heterocycles. The number of hydrogen-bond donors (Lipinski definition) is 1. The molecule has 2 N–H and O–H groups in total. The van der Waals surface area contributed by atoms with Crippen molar-refractivity contribution in [1.29, 1.82) is 0 Å². The van der Waals surface area contributed by atoms with Crippen molar-refractivity contribution in [1.82, 2.24) is 0 Å². The van der Waals surface area contributed by atoms with Crippen LogP contribution in [-0.2, 0) is 9.63 Å². The Balaban J connectivity index is -0.0000000800. The van der Waals surface area contributed by atoms with Gasteiger partial charge < -0.3 is 6.26 Å². The molecule has 0 atom stereocenters. The molecular formula is C2H6KNO2. The van der Waals surface area contributed by atoms with Crippen molar-refractivity contribution in [2.75, 3.05) is 0 Å². The van der Waals surface area contributed by atoms with Gasteiger partial charge in [0.1, 0.15) is 0 Å². The molecule has 0 aromatic rings. The Hall–Kier alpha value is 1.07. The van der Waals surface area contributed by atoms with Crippen molar-refractivity contribution in [3.05, 3.63) is 0 Å². The molecule has 0 bridgehead atoms. The van der Waals surface area contributed by atoms with E-state index in [0.717, 1.165) is 0 Å². The van der Waals surface area contributed by atoms with Crippen LogP contribution in [0, 0.1) is 0 Å². The first-order valence-electron chi connectivity index (χ1n) is 1.14. The van der Waals surface area contributed by atoms with E-state index < -0.39 is 5.97 Å². The van der Waals surface area contributed by atoms with Gasteiger partial charge in [-0.2, -0.15) is 5.90 Å². The minimum atomic E-state index is -0.468. The Labute approximate surface area is 80.1 Å². The summed E-state index contributed by atoms with van der Waals surface area (Å²) in [7, 11) is 0. The predicted octanol–water partition coefficient (Wildman–Crippen LogP) is -3.46. The Bertz CT molecular complexity index is 51.0. The molecule has 0 heterocycles. The summed E-state index contributed by atoms with van der Waals surface area (Å²) in [6.07, 6.45) is 0. The summed E-state index contributed by atoms with van der Waals surface area (Å²) < 4.78 is 0. The van der Waals surface area contributed by atoms with Gasteiger partial charge in [-0.25, -0.2) is 0 Å². The van der Waals surface area contributed by atoms with E-state index in [4.69, 9.17) is 0 Å². The van der Waals surface area contributed by atoms with E-state index in [2.05, 4.69) is 10.7 Å². The fourth-order valence-corrected chi connectivity index (χ4v) is 0. The molecule has 0 aromatic carbocycles. The molecule has 0 fully saturated rings. The number of hydrogen-bond acceptors (Lipinski definition) is 3. The minimum Gasteiger partial charge on any atom is -1.00 e. The first-order valence-corrected chi connectivity index (χ1v) is 1.14. The van der Waals surface area contributed by atoms with Gasteiger partial charge in [-0.05, 0) is 0 Å². The van der Waals surface area contributed by atoms with Crippen molar-refractivity contribution in [3.8, 4) is 0 Å². The third-order valence-corrected chi connectivity index (χ3v) is 0.166. The molecule has 0 aliphatic carbocycles. The second-order valence-electron chi connectivity index (χ2n) is 0.609. The summed E-state index contributed by atoms with van der Waals surface area (Å²) in [4.78, 5) is 13.1. The van der Waals surface area contributed by atoms with E-state index >= 15 is 0 Å². The molecule has 0 saturated carbocycles. The molecule has 0 spiro atoms. The molecular weight excluding hydrogens is 109 g/mol. The second kappa shape index (κ2) is 6.07. The van der Waals surface area contributed by atoms with Crippen molar-refractivity contribution in [2.45, 2.75) is 6.92 Å². The van der Waals surface area contributed by atoms with Crippen LogP contribution in [0.3, 0.4) is 0 Å². The quantitative estimate of drug-likeness (QED) is 0.264. The fraction of sp³-hybridized carbons (Fsp3) is 0.500. The van der Waals surface area contributed by atoms with Gasteiger partial charge in [-0.3, -0.25) is 4.79 Å². The molecule has 6 heavy (non-hydrogen) atoms. The monoisotopic (exact) mass is 115 g/mol. The summed E-state index contributed by atoms with van der Waals surface area (Å²) in [5.74, 6) is 3.85. The molecule has 0 rings (SSSR count). The van der Waals surface area contributed by atoms with Crippen molar-refractivity contribution >= 4 is 5.97 Å². The number of rotatable bonds is 0. The zero-order valence-electron chi connectivity index (χ0n) is 4.89. The van der Waals surface area contributed by atoms with Gasteiger partial charge in [0.2, 0.25) is 0 Å². The van der Waals surface area contributed by atoms with E-state index in [0.29, 0.717) is 0 Å². The fourth-order valence-electron chi connectivity index (χ4n) is 0. The summed E-state index contributed by atoms with van der Waals surface area (Å²) in [5.41, 5.74) is 0. The van der Waals surface area contributed by atoms with Crippen LogP contribution in [-0.4, -0.2) is 5.97 Å². The van der Waals surface area contributed by atoms with Gasteiger partial charge in [0.15, 0.2) is 0 Å². The van der Waals surface area contributed by atoms with Gasteiger partial charge in [-0.15, -0.1) is 0 Å². The van der Waals surface area contributed by atoms with Gasteiger partial charge in [0.25, 0.3) is 0 Å². The van der Waals surface area contributed by atoms with Crippen LogP contribution in [0.1, 0.15) is 8.35 Å². The van der Waals surface area contributed by atoms with Crippen LogP contribution in [0.5, 0.6) is 0 Å². The van der Waals surface area contributed by atoms with Gasteiger partial charge in [0, 0.05) is 6.92 Å². The van der Waals surface area contributed by atoms with Crippen molar-refractivity contribution in [2.24, 2.45) is 5.90 Å². The van der Waals surface area contributed by atoms with Crippen molar-refractivity contribution < 1.29 is 62.4 Å². The smallest absolute Gasteiger partial charge is 1.00 e. The van der Waals surface area contributed by atoms with Gasteiger partial charge >= 0.3 is 57.4 Å². The molecule has 0 unspecified atom stereocenters. The van der Waals surface area contributed by atoms with Gasteiger partial charge in [0.05, 0.1) is 0 Å². The van der Waals surface area contributed by atoms with Crippen LogP contribution in [0.4, 0.5) is 0 Å². The summed E-state index contributed by atoms with van der Waals surface area (Å²) in [5, 5.41) is 0. The average molecular weight is 115 g/mol. The molecule has 3 nitrogen and oxygen atoms in total. The zero-order valence-corrected chi connectivity index (χ0v) is 7.02. The SMILES string of the molecule is CC(=O)ON.[H-].[K+]. The number of carbonyl (C=O) groups is 1. The van der Waals surface area contributed by atoms with Crippen LogP contribution in [0.2, 0.25) is 0 Å². The summed E-state index contributed by atoms with van der Waals surface area (Å²) in [6, 6.07) is 0. The average Bonchev–Trinajstić information content (AvgIpc) is 1.38. The maximum absolute atomic E-state index is 9.47. The predicted molar refractivity (Wildman–Crippen MR) is 17.1 cm³/mol. The Morgan fingerprint density at radius 2 is 2.17 bits per heavy atom. The Morgan fingerprint density at radius 1 is 2.00 bits per heavy atom. The van der Waals surface area contributed by atoms with Crippen LogP contribution >= 0.6 is 0 Å². The first-order chi connectivity index (χ1) is 2.27. The minimum absolute atomic E-state index is 0. The first kappa shape index (κ1) is 10.1. The molecule has 0 amide bonds. The second-order valence-corrected chi connectivity index (χ2v) is 0.609. The third kappa shape index (κ3) is 8.91. The Morgan fingerprint density at radius 3 is 2.17 bits per heavy atom. The molecule has 0 saturated heterocycles. The number of carbonyl (C=O) groups excluding carboxylic acids is 1. The van der Waals surface area contributed by atoms with Gasteiger partial charge in [-0.1, -0.05) is 0 Å². The topological polar surface area (TPSA) is 52.3 Å². The zero-order chi connectivity index (χ0) is 4.28. The molecule has 4 heteroatoms. The summed E-state index contributed by atoms with van der Waals surface area (Å²) >= 11 is 0.